The number of hydrogen-bond acceptors (Lipinski definition) is 3. The lowest BCUT2D eigenvalue weighted by Gasteiger charge is -2.10. The Hall–Kier alpha value is -2.82. The van der Waals surface area contributed by atoms with E-state index in [1.165, 1.54) is 12.1 Å². The molecule has 106 valence electrons. The molecule has 0 aromatic heterocycles. The molecule has 0 aliphatic carbocycles. The van der Waals surface area contributed by atoms with Crippen LogP contribution in [0.25, 0.3) is 0 Å². The topological polar surface area (TPSA) is 78.4 Å². The second kappa shape index (κ2) is 5.28. The largest absolute Gasteiger partial charge is 0.478 e. The van der Waals surface area contributed by atoms with Gasteiger partial charge in [-0.3, -0.25) is 4.79 Å². The number of rotatable bonds is 3. The van der Waals surface area contributed by atoms with Gasteiger partial charge in [0.05, 0.1) is 16.8 Å². The summed E-state index contributed by atoms with van der Waals surface area (Å²) in [6.07, 6.45) is 0.908. The van der Waals surface area contributed by atoms with E-state index >= 15 is 0 Å². The number of anilines is 2. The molecular weight excluding hydrogens is 268 g/mol. The van der Waals surface area contributed by atoms with Crippen LogP contribution < -0.4 is 10.6 Å². The van der Waals surface area contributed by atoms with E-state index in [9.17, 15) is 9.59 Å². The number of hydrogen-bond donors (Lipinski definition) is 3. The third-order valence-electron chi connectivity index (χ3n) is 3.46. The van der Waals surface area contributed by atoms with E-state index in [-0.39, 0.29) is 11.5 Å². The molecule has 5 heteroatoms. The third kappa shape index (κ3) is 2.58. The predicted molar refractivity (Wildman–Crippen MR) is 80.0 cm³/mol. The number of fused-ring (bicyclic) bond motifs is 1. The van der Waals surface area contributed by atoms with Gasteiger partial charge < -0.3 is 15.7 Å². The fraction of sp³-hybridized carbons (Fsp3) is 0.125. The van der Waals surface area contributed by atoms with Crippen molar-refractivity contribution in [3.05, 3.63) is 59.2 Å². The Bertz CT molecular complexity index is 725. The average molecular weight is 282 g/mol. The Balaban J connectivity index is 1.86. The van der Waals surface area contributed by atoms with Gasteiger partial charge in [0.2, 0.25) is 0 Å². The molecule has 2 aromatic rings. The number of para-hydroxylation sites is 1. The van der Waals surface area contributed by atoms with E-state index in [1.54, 1.807) is 18.2 Å². The van der Waals surface area contributed by atoms with E-state index in [0.717, 1.165) is 24.2 Å². The number of aromatic carboxylic acids is 1. The molecule has 0 unspecified atom stereocenters. The molecule has 0 atom stereocenters. The first-order valence-electron chi connectivity index (χ1n) is 6.65. The fourth-order valence-electron chi connectivity index (χ4n) is 2.46. The molecule has 2 aromatic carbocycles. The standard InChI is InChI=1S/C16H14N2O3/c19-15(13-6-2-3-10-7-8-17-14(10)13)18-12-5-1-4-11(9-12)16(20)21/h1-6,9,17H,7-8H2,(H,18,19)(H,20,21). The van der Waals surface area contributed by atoms with Crippen molar-refractivity contribution in [2.45, 2.75) is 6.42 Å². The molecule has 1 amide bonds. The summed E-state index contributed by atoms with van der Waals surface area (Å²) in [5.41, 5.74) is 3.18. The normalized spacial score (nSPS) is 12.4. The van der Waals surface area contributed by atoms with E-state index < -0.39 is 5.97 Å². The minimum Gasteiger partial charge on any atom is -0.478 e. The summed E-state index contributed by atoms with van der Waals surface area (Å²) in [7, 11) is 0. The summed E-state index contributed by atoms with van der Waals surface area (Å²) >= 11 is 0. The molecule has 0 fully saturated rings. The minimum atomic E-state index is -1.02. The maximum absolute atomic E-state index is 12.4. The van der Waals surface area contributed by atoms with Gasteiger partial charge in [-0.1, -0.05) is 18.2 Å². The van der Waals surface area contributed by atoms with Gasteiger partial charge in [0.25, 0.3) is 5.91 Å². The van der Waals surface area contributed by atoms with Crippen molar-refractivity contribution in [3.8, 4) is 0 Å². The number of amides is 1. The summed E-state index contributed by atoms with van der Waals surface area (Å²) in [6, 6.07) is 11.8. The van der Waals surface area contributed by atoms with Crippen LogP contribution in [-0.4, -0.2) is 23.5 Å². The van der Waals surface area contributed by atoms with E-state index in [0.29, 0.717) is 11.3 Å². The maximum atomic E-state index is 12.4. The zero-order valence-corrected chi connectivity index (χ0v) is 11.2. The highest BCUT2D eigenvalue weighted by atomic mass is 16.4. The highest BCUT2D eigenvalue weighted by Gasteiger charge is 2.18. The Morgan fingerprint density at radius 3 is 2.76 bits per heavy atom. The molecule has 0 spiro atoms. The second-order valence-corrected chi connectivity index (χ2v) is 4.86. The Kier molecular flexibility index (Phi) is 3.31. The van der Waals surface area contributed by atoms with Crippen LogP contribution in [0.1, 0.15) is 26.3 Å². The monoisotopic (exact) mass is 282 g/mol. The first kappa shape index (κ1) is 13.2. The second-order valence-electron chi connectivity index (χ2n) is 4.86. The Labute approximate surface area is 121 Å². The average Bonchev–Trinajstić information content (AvgIpc) is 2.95. The summed E-state index contributed by atoms with van der Waals surface area (Å²) in [5, 5.41) is 14.9. The molecule has 0 radical (unpaired) electrons. The van der Waals surface area contributed by atoms with E-state index in [1.807, 2.05) is 12.1 Å². The SMILES string of the molecule is O=C(O)c1cccc(NC(=O)c2cccc3c2NCC3)c1. The first-order valence-corrected chi connectivity index (χ1v) is 6.65. The molecule has 21 heavy (non-hydrogen) atoms. The van der Waals surface area contributed by atoms with Gasteiger partial charge >= 0.3 is 5.97 Å². The molecule has 0 saturated carbocycles. The van der Waals surface area contributed by atoms with Gasteiger partial charge in [-0.25, -0.2) is 4.79 Å². The number of carbonyl (C=O) groups is 2. The first-order chi connectivity index (χ1) is 10.1. The van der Waals surface area contributed by atoms with E-state index in [2.05, 4.69) is 10.6 Å². The number of nitrogens with one attached hydrogen (secondary N) is 2. The number of benzene rings is 2. The van der Waals surface area contributed by atoms with Gasteiger partial charge in [-0.15, -0.1) is 0 Å². The zero-order chi connectivity index (χ0) is 14.8. The van der Waals surface area contributed by atoms with Crippen LogP contribution in [-0.2, 0) is 6.42 Å². The lowest BCUT2D eigenvalue weighted by atomic mass is 10.1. The van der Waals surface area contributed by atoms with Crippen molar-refractivity contribution in [2.75, 3.05) is 17.2 Å². The van der Waals surface area contributed by atoms with Gasteiger partial charge in [0.15, 0.2) is 0 Å². The van der Waals surface area contributed by atoms with Crippen LogP contribution >= 0.6 is 0 Å². The van der Waals surface area contributed by atoms with Crippen molar-refractivity contribution >= 4 is 23.3 Å². The maximum Gasteiger partial charge on any atom is 0.335 e. The summed E-state index contributed by atoms with van der Waals surface area (Å²) in [6.45, 7) is 0.828. The molecular formula is C16H14N2O3. The van der Waals surface area contributed by atoms with Crippen molar-refractivity contribution in [3.63, 3.8) is 0 Å². The summed E-state index contributed by atoms with van der Waals surface area (Å²) < 4.78 is 0. The number of carboxylic acids is 1. The quantitative estimate of drug-likeness (QED) is 0.808. The minimum absolute atomic E-state index is 0.143. The van der Waals surface area contributed by atoms with Gasteiger partial charge in [-0.2, -0.15) is 0 Å². The van der Waals surface area contributed by atoms with Gasteiger partial charge in [0, 0.05) is 12.2 Å². The highest BCUT2D eigenvalue weighted by molar-refractivity contribution is 6.09. The smallest absolute Gasteiger partial charge is 0.335 e. The van der Waals surface area contributed by atoms with Crippen LogP contribution in [0.5, 0.6) is 0 Å². The van der Waals surface area contributed by atoms with Crippen LogP contribution in [0.4, 0.5) is 11.4 Å². The molecule has 3 N–H and O–H groups in total. The molecule has 3 rings (SSSR count). The third-order valence-corrected chi connectivity index (χ3v) is 3.46. The molecule has 0 bridgehead atoms. The fourth-order valence-corrected chi connectivity index (χ4v) is 2.46. The Morgan fingerprint density at radius 1 is 1.14 bits per heavy atom. The van der Waals surface area contributed by atoms with E-state index in [4.69, 9.17) is 5.11 Å². The van der Waals surface area contributed by atoms with Crippen LogP contribution in [0, 0.1) is 0 Å². The van der Waals surface area contributed by atoms with Crippen LogP contribution in [0.3, 0.4) is 0 Å². The number of carboxylic acid groups (broad SMARTS) is 1. The van der Waals surface area contributed by atoms with Crippen LogP contribution in [0.15, 0.2) is 42.5 Å². The molecule has 1 aliphatic rings. The molecule has 1 aliphatic heterocycles. The Morgan fingerprint density at radius 2 is 1.95 bits per heavy atom. The van der Waals surface area contributed by atoms with Crippen molar-refractivity contribution in [2.24, 2.45) is 0 Å². The van der Waals surface area contributed by atoms with Gasteiger partial charge in [-0.05, 0) is 36.2 Å². The predicted octanol–water partition coefficient (Wildman–Crippen LogP) is 2.61. The summed E-state index contributed by atoms with van der Waals surface area (Å²) in [5.74, 6) is -1.27. The molecule has 5 nitrogen and oxygen atoms in total. The van der Waals surface area contributed by atoms with Crippen LogP contribution in [0.2, 0.25) is 0 Å². The lowest BCUT2D eigenvalue weighted by molar-refractivity contribution is 0.0696. The lowest BCUT2D eigenvalue weighted by Crippen LogP contribution is -2.14. The van der Waals surface area contributed by atoms with Crippen molar-refractivity contribution < 1.29 is 14.7 Å². The van der Waals surface area contributed by atoms with Crippen molar-refractivity contribution in [1.82, 2.24) is 0 Å². The number of carbonyl (C=O) groups excluding carboxylic acids is 1. The van der Waals surface area contributed by atoms with Gasteiger partial charge in [0.1, 0.15) is 0 Å². The highest BCUT2D eigenvalue weighted by Crippen LogP contribution is 2.27. The summed E-state index contributed by atoms with van der Waals surface area (Å²) in [4.78, 5) is 23.3. The molecule has 0 saturated heterocycles. The molecule has 1 heterocycles. The zero-order valence-electron chi connectivity index (χ0n) is 11.2. The van der Waals surface area contributed by atoms with Crippen molar-refractivity contribution in [1.29, 1.82) is 0 Å².